The lowest BCUT2D eigenvalue weighted by molar-refractivity contribution is 0.0774. The second-order valence-corrected chi connectivity index (χ2v) is 8.61. The molecule has 6 heteroatoms. The Morgan fingerprint density at radius 3 is 2.42 bits per heavy atom. The van der Waals surface area contributed by atoms with Crippen molar-refractivity contribution in [2.24, 2.45) is 0 Å². The van der Waals surface area contributed by atoms with E-state index in [1.54, 1.807) is 18.9 Å². The number of benzene rings is 2. The Hall–Kier alpha value is -3.41. The Bertz CT molecular complexity index is 1250. The van der Waals surface area contributed by atoms with Crippen molar-refractivity contribution >= 4 is 16.8 Å². The number of para-hydroxylation sites is 1. The van der Waals surface area contributed by atoms with E-state index in [0.717, 1.165) is 23.7 Å². The van der Waals surface area contributed by atoms with Crippen LogP contribution in [0.5, 0.6) is 0 Å². The van der Waals surface area contributed by atoms with Crippen molar-refractivity contribution in [2.45, 2.75) is 58.9 Å². The van der Waals surface area contributed by atoms with Gasteiger partial charge in [0.1, 0.15) is 0 Å². The van der Waals surface area contributed by atoms with Crippen molar-refractivity contribution in [2.75, 3.05) is 7.05 Å². The van der Waals surface area contributed by atoms with Gasteiger partial charge in [-0.05, 0) is 37.0 Å². The smallest absolute Gasteiger partial charge is 0.256 e. The van der Waals surface area contributed by atoms with Crippen LogP contribution in [0.3, 0.4) is 0 Å². The number of H-pyrrole nitrogens is 1. The first-order chi connectivity index (χ1) is 16.0. The van der Waals surface area contributed by atoms with Gasteiger partial charge in [0.15, 0.2) is 0 Å². The van der Waals surface area contributed by atoms with E-state index in [2.05, 4.69) is 58.6 Å². The molecule has 2 aromatic carbocycles. The lowest BCUT2D eigenvalue weighted by Gasteiger charge is -2.42. The second-order valence-electron chi connectivity index (χ2n) is 8.61. The minimum atomic E-state index is -0.0761. The van der Waals surface area contributed by atoms with Gasteiger partial charge >= 0.3 is 0 Å². The number of nitrogens with zero attached hydrogens (tertiary/aromatic N) is 3. The van der Waals surface area contributed by atoms with Crippen molar-refractivity contribution in [3.05, 3.63) is 82.7 Å². The molecule has 6 nitrogen and oxygen atoms in total. The summed E-state index contributed by atoms with van der Waals surface area (Å²) in [5.41, 5.74) is 5.45. The minimum absolute atomic E-state index is 0.0147. The zero-order chi connectivity index (χ0) is 23.6. The fourth-order valence-electron chi connectivity index (χ4n) is 4.73. The Morgan fingerprint density at radius 1 is 1.09 bits per heavy atom. The van der Waals surface area contributed by atoms with Crippen LogP contribution in [0.2, 0.25) is 0 Å². The summed E-state index contributed by atoms with van der Waals surface area (Å²) in [4.78, 5) is 18.3. The summed E-state index contributed by atoms with van der Waals surface area (Å²) < 4.78 is 5.43. The van der Waals surface area contributed by atoms with Gasteiger partial charge in [0.25, 0.3) is 5.91 Å². The van der Waals surface area contributed by atoms with Gasteiger partial charge in [0, 0.05) is 31.0 Å². The molecule has 2 heterocycles. The molecule has 2 aromatic heterocycles. The fourth-order valence-corrected chi connectivity index (χ4v) is 4.73. The summed E-state index contributed by atoms with van der Waals surface area (Å²) in [6.45, 7) is 8.13. The molecule has 1 fully saturated rings. The Kier molecular flexibility index (Phi) is 6.36. The van der Waals surface area contributed by atoms with Gasteiger partial charge in [-0.3, -0.25) is 4.79 Å². The number of amides is 1. The molecule has 0 bridgehead atoms. The molecular weight excluding hydrogens is 412 g/mol. The van der Waals surface area contributed by atoms with Gasteiger partial charge < -0.3 is 14.3 Å². The van der Waals surface area contributed by atoms with Crippen LogP contribution in [0.25, 0.3) is 10.9 Å². The molecule has 0 spiro atoms. The summed E-state index contributed by atoms with van der Waals surface area (Å²) in [6, 6.07) is 14.8. The third-order valence-corrected chi connectivity index (χ3v) is 6.56. The largest absolute Gasteiger partial charge is 0.424 e. The molecular formula is C27H32N4O2. The molecule has 0 saturated heterocycles. The number of aromatic nitrogens is 3. The number of carbonyl (C=O) groups is 1. The van der Waals surface area contributed by atoms with Gasteiger partial charge in [-0.2, -0.15) is 0 Å². The van der Waals surface area contributed by atoms with Crippen LogP contribution < -0.4 is 0 Å². The van der Waals surface area contributed by atoms with Crippen molar-refractivity contribution in [3.63, 3.8) is 0 Å². The highest BCUT2D eigenvalue weighted by atomic mass is 16.4. The Balaban J connectivity index is 0.00000126. The maximum Gasteiger partial charge on any atom is 0.256 e. The lowest BCUT2D eigenvalue weighted by atomic mass is 9.60. The minimum Gasteiger partial charge on any atom is -0.424 e. The van der Waals surface area contributed by atoms with Gasteiger partial charge in [0.2, 0.25) is 11.8 Å². The molecule has 0 atom stereocenters. The summed E-state index contributed by atoms with van der Waals surface area (Å²) >= 11 is 0. The number of hydrogen-bond donors (Lipinski definition) is 1. The molecule has 0 aliphatic heterocycles. The first-order valence-electron chi connectivity index (χ1n) is 11.7. The number of carbonyl (C=O) groups excluding carboxylic acids is 1. The van der Waals surface area contributed by atoms with E-state index in [-0.39, 0.29) is 17.9 Å². The first-order valence-corrected chi connectivity index (χ1v) is 11.7. The highest BCUT2D eigenvalue weighted by Crippen LogP contribution is 2.51. The Morgan fingerprint density at radius 2 is 1.82 bits per heavy atom. The van der Waals surface area contributed by atoms with Crippen LogP contribution in [0.1, 0.15) is 71.9 Å². The third-order valence-electron chi connectivity index (χ3n) is 6.56. The number of nitrogens with one attached hydrogen (secondary N) is 1. The zero-order valence-corrected chi connectivity index (χ0v) is 20.1. The van der Waals surface area contributed by atoms with Gasteiger partial charge in [-0.1, -0.05) is 62.2 Å². The summed E-state index contributed by atoms with van der Waals surface area (Å²) in [7, 11) is 1.75. The molecule has 4 aromatic rings. The summed E-state index contributed by atoms with van der Waals surface area (Å²) in [5, 5.41) is 8.96. The predicted octanol–water partition coefficient (Wildman–Crippen LogP) is 5.94. The summed E-state index contributed by atoms with van der Waals surface area (Å²) in [6.07, 6.45) is 5.56. The molecule has 5 rings (SSSR count). The van der Waals surface area contributed by atoms with Gasteiger partial charge in [-0.25, -0.2) is 0 Å². The molecule has 0 unspecified atom stereocenters. The maximum atomic E-state index is 13.2. The normalized spacial score (nSPS) is 14.3. The van der Waals surface area contributed by atoms with Gasteiger partial charge in [-0.15, -0.1) is 10.2 Å². The van der Waals surface area contributed by atoms with Crippen molar-refractivity contribution in [3.8, 4) is 0 Å². The SMILES string of the molecule is CC.Cc1ccc(C2(c3c[nH]c4c(C(=O)N(C)Cc5nnc(C)o5)cccc34)CCC2)cc1. The molecule has 33 heavy (non-hydrogen) atoms. The highest BCUT2D eigenvalue weighted by molar-refractivity contribution is 6.06. The molecule has 1 saturated carbocycles. The van der Waals surface area contributed by atoms with Crippen LogP contribution in [0, 0.1) is 13.8 Å². The molecule has 1 amide bonds. The standard InChI is InChI=1S/C25H26N4O2.C2H6/c1-16-8-10-18(11-9-16)25(12-5-13-25)21-14-26-23-19(21)6-4-7-20(23)24(30)29(3)15-22-28-27-17(2)31-22;1-2/h4,6-11,14,26H,5,12-13,15H2,1-3H3;1-2H3. The number of fused-ring (bicyclic) bond motifs is 1. The quantitative estimate of drug-likeness (QED) is 0.414. The summed E-state index contributed by atoms with van der Waals surface area (Å²) in [5.74, 6) is 0.849. The predicted molar refractivity (Wildman–Crippen MR) is 130 cm³/mol. The lowest BCUT2D eigenvalue weighted by Crippen LogP contribution is -2.35. The zero-order valence-electron chi connectivity index (χ0n) is 20.1. The molecule has 1 aliphatic rings. The van der Waals surface area contributed by atoms with Crippen LogP contribution >= 0.6 is 0 Å². The van der Waals surface area contributed by atoms with Crippen molar-refractivity contribution < 1.29 is 9.21 Å². The van der Waals surface area contributed by atoms with Crippen LogP contribution in [0.15, 0.2) is 53.1 Å². The molecule has 1 aliphatic carbocycles. The van der Waals surface area contributed by atoms with Crippen LogP contribution in [-0.4, -0.2) is 33.0 Å². The van der Waals surface area contributed by atoms with E-state index in [1.807, 2.05) is 26.0 Å². The van der Waals surface area contributed by atoms with E-state index < -0.39 is 0 Å². The molecule has 0 radical (unpaired) electrons. The van der Waals surface area contributed by atoms with Gasteiger partial charge in [0.05, 0.1) is 17.6 Å². The fraction of sp³-hybridized carbons (Fsp3) is 0.370. The first kappa shape index (κ1) is 22.8. The topological polar surface area (TPSA) is 75.0 Å². The van der Waals surface area contributed by atoms with E-state index in [9.17, 15) is 4.79 Å². The van der Waals surface area contributed by atoms with Crippen LogP contribution in [0.4, 0.5) is 0 Å². The van der Waals surface area contributed by atoms with Crippen molar-refractivity contribution in [1.29, 1.82) is 0 Å². The average Bonchev–Trinajstić information content (AvgIpc) is 3.41. The highest BCUT2D eigenvalue weighted by Gasteiger charge is 2.42. The van der Waals surface area contributed by atoms with E-state index in [1.165, 1.54) is 23.1 Å². The average molecular weight is 445 g/mol. The van der Waals surface area contributed by atoms with Crippen LogP contribution in [-0.2, 0) is 12.0 Å². The van der Waals surface area contributed by atoms with E-state index >= 15 is 0 Å². The number of aryl methyl sites for hydroxylation is 2. The maximum absolute atomic E-state index is 13.2. The van der Waals surface area contributed by atoms with E-state index in [0.29, 0.717) is 17.3 Å². The number of rotatable bonds is 5. The number of aromatic amines is 1. The Labute approximate surface area is 195 Å². The molecule has 1 N–H and O–H groups in total. The van der Waals surface area contributed by atoms with E-state index in [4.69, 9.17) is 4.42 Å². The third kappa shape index (κ3) is 4.06. The van der Waals surface area contributed by atoms with Crippen molar-refractivity contribution in [1.82, 2.24) is 20.1 Å². The monoisotopic (exact) mass is 444 g/mol. The molecule has 172 valence electrons. The second kappa shape index (κ2) is 9.22. The number of hydrogen-bond acceptors (Lipinski definition) is 4.